The van der Waals surface area contributed by atoms with Crippen LogP contribution in [0.4, 0.5) is 0 Å². The maximum Gasteiger partial charge on any atom is 0.219 e. The second kappa shape index (κ2) is 5.66. The quantitative estimate of drug-likeness (QED) is 0.477. The molecule has 16 heavy (non-hydrogen) atoms. The molecule has 0 spiro atoms. The Bertz CT molecular complexity index is 444. The van der Waals surface area contributed by atoms with Gasteiger partial charge in [-0.1, -0.05) is 18.7 Å². The van der Waals surface area contributed by atoms with Crippen LogP contribution in [0.2, 0.25) is 0 Å². The van der Waals surface area contributed by atoms with Crippen LogP contribution >= 0.6 is 0 Å². The summed E-state index contributed by atoms with van der Waals surface area (Å²) in [5.41, 5.74) is 2.05. The molecular formula is C13H13NO2. The number of carbonyl (C=O) groups excluding carboxylic acids is 1. The molecule has 0 bridgehead atoms. The number of ketones is 1. The van der Waals surface area contributed by atoms with E-state index in [1.807, 2.05) is 19.1 Å². The van der Waals surface area contributed by atoms with Crippen molar-refractivity contribution in [2.45, 2.75) is 6.92 Å². The van der Waals surface area contributed by atoms with Gasteiger partial charge in [-0.3, -0.25) is 9.78 Å². The van der Waals surface area contributed by atoms with Gasteiger partial charge in [-0.15, -0.1) is 0 Å². The topological polar surface area (TPSA) is 50.2 Å². The van der Waals surface area contributed by atoms with E-state index in [9.17, 15) is 4.79 Å². The molecule has 0 radical (unpaired) electrons. The van der Waals surface area contributed by atoms with Gasteiger partial charge in [0.25, 0.3) is 0 Å². The third-order valence-corrected chi connectivity index (χ3v) is 2.01. The zero-order valence-corrected chi connectivity index (χ0v) is 9.05. The number of nitrogens with zero attached hydrogens (tertiary/aromatic N) is 1. The minimum absolute atomic E-state index is 0.453. The molecule has 3 nitrogen and oxygen atoms in total. The van der Waals surface area contributed by atoms with Gasteiger partial charge in [0, 0.05) is 12.4 Å². The molecule has 82 valence electrons. The highest BCUT2D eigenvalue weighted by Crippen LogP contribution is 2.11. The molecule has 0 fully saturated rings. The Hall–Kier alpha value is -2.16. The number of aromatic nitrogens is 1. The lowest BCUT2D eigenvalue weighted by Crippen LogP contribution is -1.93. The van der Waals surface area contributed by atoms with Crippen LogP contribution in [-0.4, -0.2) is 15.9 Å². The van der Waals surface area contributed by atoms with E-state index in [0.29, 0.717) is 0 Å². The highest BCUT2D eigenvalue weighted by molar-refractivity contribution is 6.01. The third kappa shape index (κ3) is 3.53. The first-order valence-electron chi connectivity index (χ1n) is 4.79. The Morgan fingerprint density at radius 2 is 2.06 bits per heavy atom. The summed E-state index contributed by atoms with van der Waals surface area (Å²) in [5.74, 6) is -0.940. The summed E-state index contributed by atoms with van der Waals surface area (Å²) in [5, 5.41) is 8.78. The predicted octanol–water partition coefficient (Wildman–Crippen LogP) is 2.68. The Morgan fingerprint density at radius 3 is 2.62 bits per heavy atom. The van der Waals surface area contributed by atoms with Gasteiger partial charge in [0.1, 0.15) is 0 Å². The Balaban J connectivity index is 2.72. The fourth-order valence-electron chi connectivity index (χ4n) is 1.09. The SMILES string of the molecule is C=C(O)C(=O)/C=C\C=C(/C)c1ccncc1. The fourth-order valence-corrected chi connectivity index (χ4v) is 1.09. The van der Waals surface area contributed by atoms with Gasteiger partial charge < -0.3 is 5.11 Å². The van der Waals surface area contributed by atoms with Gasteiger partial charge in [-0.05, 0) is 36.3 Å². The van der Waals surface area contributed by atoms with Gasteiger partial charge in [-0.2, -0.15) is 0 Å². The van der Waals surface area contributed by atoms with Crippen LogP contribution in [0.5, 0.6) is 0 Å². The summed E-state index contributed by atoms with van der Waals surface area (Å²) < 4.78 is 0. The van der Waals surface area contributed by atoms with Crippen LogP contribution in [0, 0.1) is 0 Å². The standard InChI is InChI=1S/C13H13NO2/c1-10(12-6-8-14-9-7-12)4-3-5-13(16)11(2)15/h3-9,15H,2H2,1H3/b5-3-,10-4+. The third-order valence-electron chi connectivity index (χ3n) is 2.01. The van der Waals surface area contributed by atoms with Crippen molar-refractivity contribution in [3.63, 3.8) is 0 Å². The number of rotatable bonds is 4. The number of hydrogen-bond acceptors (Lipinski definition) is 3. The molecular weight excluding hydrogens is 202 g/mol. The summed E-state index contributed by atoms with van der Waals surface area (Å²) in [6, 6.07) is 3.76. The van der Waals surface area contributed by atoms with Gasteiger partial charge in [0.05, 0.1) is 0 Å². The fraction of sp³-hybridized carbons (Fsp3) is 0.0769. The summed E-state index contributed by atoms with van der Waals surface area (Å²) in [4.78, 5) is 14.9. The first kappa shape index (κ1) is 11.9. The smallest absolute Gasteiger partial charge is 0.219 e. The minimum Gasteiger partial charge on any atom is -0.505 e. The summed E-state index contributed by atoms with van der Waals surface area (Å²) in [6.07, 6.45) is 8.05. The van der Waals surface area contributed by atoms with Crippen molar-refractivity contribution in [3.8, 4) is 0 Å². The van der Waals surface area contributed by atoms with Crippen molar-refractivity contribution in [2.24, 2.45) is 0 Å². The van der Waals surface area contributed by atoms with Gasteiger partial charge in [-0.25, -0.2) is 0 Å². The van der Waals surface area contributed by atoms with E-state index < -0.39 is 11.5 Å². The minimum atomic E-state index is -0.487. The van der Waals surface area contributed by atoms with E-state index in [0.717, 1.165) is 11.1 Å². The van der Waals surface area contributed by atoms with E-state index in [4.69, 9.17) is 5.11 Å². The van der Waals surface area contributed by atoms with Gasteiger partial charge >= 0.3 is 0 Å². The molecule has 0 atom stereocenters. The van der Waals surface area contributed by atoms with Crippen molar-refractivity contribution in [3.05, 3.63) is 60.7 Å². The lowest BCUT2D eigenvalue weighted by atomic mass is 10.1. The van der Waals surface area contributed by atoms with Crippen LogP contribution in [0.15, 0.2) is 55.1 Å². The van der Waals surface area contributed by atoms with Crippen molar-refractivity contribution >= 4 is 11.4 Å². The molecule has 0 saturated heterocycles. The number of aliphatic hydroxyl groups is 1. The van der Waals surface area contributed by atoms with Gasteiger partial charge in [0.2, 0.25) is 5.78 Å². The number of hydrogen-bond donors (Lipinski definition) is 1. The van der Waals surface area contributed by atoms with E-state index in [1.165, 1.54) is 6.08 Å². The molecule has 1 rings (SSSR count). The molecule has 1 aromatic rings. The molecule has 1 aromatic heterocycles. The molecule has 0 aliphatic carbocycles. The van der Waals surface area contributed by atoms with E-state index in [2.05, 4.69) is 11.6 Å². The second-order valence-corrected chi connectivity index (χ2v) is 3.26. The van der Waals surface area contributed by atoms with Crippen molar-refractivity contribution in [1.29, 1.82) is 0 Å². The molecule has 1 N–H and O–H groups in total. The maximum atomic E-state index is 11.0. The van der Waals surface area contributed by atoms with Gasteiger partial charge in [0.15, 0.2) is 5.76 Å². The van der Waals surface area contributed by atoms with Crippen LogP contribution in [0.25, 0.3) is 5.57 Å². The molecule has 3 heteroatoms. The predicted molar refractivity (Wildman–Crippen MR) is 63.8 cm³/mol. The highest BCUT2D eigenvalue weighted by atomic mass is 16.3. The molecule has 0 saturated carbocycles. The maximum absolute atomic E-state index is 11.0. The molecule has 0 amide bonds. The zero-order valence-electron chi connectivity index (χ0n) is 9.05. The zero-order chi connectivity index (χ0) is 12.0. The van der Waals surface area contributed by atoms with Crippen molar-refractivity contribution in [2.75, 3.05) is 0 Å². The molecule has 1 heterocycles. The Morgan fingerprint density at radius 1 is 1.44 bits per heavy atom. The normalized spacial score (nSPS) is 11.7. The monoisotopic (exact) mass is 215 g/mol. The number of allylic oxidation sites excluding steroid dienone is 4. The van der Waals surface area contributed by atoms with E-state index in [-0.39, 0.29) is 0 Å². The lowest BCUT2D eigenvalue weighted by Gasteiger charge is -1.97. The summed E-state index contributed by atoms with van der Waals surface area (Å²) in [7, 11) is 0. The van der Waals surface area contributed by atoms with Crippen molar-refractivity contribution in [1.82, 2.24) is 4.98 Å². The molecule has 0 aliphatic heterocycles. The van der Waals surface area contributed by atoms with Crippen LogP contribution in [-0.2, 0) is 4.79 Å². The first-order valence-corrected chi connectivity index (χ1v) is 4.79. The van der Waals surface area contributed by atoms with E-state index >= 15 is 0 Å². The first-order chi connectivity index (χ1) is 7.61. The second-order valence-electron chi connectivity index (χ2n) is 3.26. The average molecular weight is 215 g/mol. The molecule has 0 aromatic carbocycles. The highest BCUT2D eigenvalue weighted by Gasteiger charge is 1.97. The number of aliphatic hydroxyl groups excluding tert-OH is 1. The summed E-state index contributed by atoms with van der Waals surface area (Å²) >= 11 is 0. The van der Waals surface area contributed by atoms with Crippen LogP contribution in [0.1, 0.15) is 12.5 Å². The Kier molecular flexibility index (Phi) is 4.21. The van der Waals surface area contributed by atoms with Crippen LogP contribution < -0.4 is 0 Å². The van der Waals surface area contributed by atoms with E-state index in [1.54, 1.807) is 24.5 Å². The number of pyridine rings is 1. The van der Waals surface area contributed by atoms with Crippen molar-refractivity contribution < 1.29 is 9.90 Å². The molecule has 0 aliphatic rings. The van der Waals surface area contributed by atoms with Crippen LogP contribution in [0.3, 0.4) is 0 Å². The number of carbonyl (C=O) groups is 1. The molecule has 0 unspecified atom stereocenters. The average Bonchev–Trinajstić information content (AvgIpc) is 2.29. The lowest BCUT2D eigenvalue weighted by molar-refractivity contribution is -0.113. The Labute approximate surface area is 94.5 Å². The largest absolute Gasteiger partial charge is 0.505 e. The summed E-state index contributed by atoms with van der Waals surface area (Å²) in [6.45, 7) is 5.07.